The van der Waals surface area contributed by atoms with Crippen molar-refractivity contribution in [1.82, 2.24) is 9.97 Å². The molecule has 24 heavy (non-hydrogen) atoms. The number of hydrogen-bond donors (Lipinski definition) is 1. The molecule has 0 aliphatic heterocycles. The first kappa shape index (κ1) is 14.8. The van der Waals surface area contributed by atoms with E-state index in [0.717, 1.165) is 16.0 Å². The largest absolute Gasteiger partial charge is 0.363 e. The SMILES string of the molecule is C[C@H](Nc1ncnc2sc(-c3ccccc3)cc12)c1ccccc1. The molecule has 118 valence electrons. The molecule has 1 atom stereocenters. The minimum absolute atomic E-state index is 0.185. The van der Waals surface area contributed by atoms with Gasteiger partial charge in [0.1, 0.15) is 17.0 Å². The fourth-order valence-electron chi connectivity index (χ4n) is 2.75. The van der Waals surface area contributed by atoms with Crippen molar-refractivity contribution >= 4 is 27.4 Å². The highest BCUT2D eigenvalue weighted by Gasteiger charge is 2.12. The van der Waals surface area contributed by atoms with Crippen molar-refractivity contribution in [1.29, 1.82) is 0 Å². The number of fused-ring (bicyclic) bond motifs is 1. The Morgan fingerprint density at radius 2 is 1.62 bits per heavy atom. The summed E-state index contributed by atoms with van der Waals surface area (Å²) in [6.07, 6.45) is 1.63. The van der Waals surface area contributed by atoms with Gasteiger partial charge in [-0.1, -0.05) is 60.7 Å². The van der Waals surface area contributed by atoms with Gasteiger partial charge in [-0.15, -0.1) is 11.3 Å². The Bertz CT molecular complexity index is 948. The molecule has 4 rings (SSSR count). The van der Waals surface area contributed by atoms with Gasteiger partial charge in [0.15, 0.2) is 0 Å². The lowest BCUT2D eigenvalue weighted by Crippen LogP contribution is -2.08. The predicted molar refractivity (Wildman–Crippen MR) is 101 cm³/mol. The minimum atomic E-state index is 0.185. The molecule has 0 bridgehead atoms. The zero-order valence-electron chi connectivity index (χ0n) is 13.3. The molecule has 0 unspecified atom stereocenters. The Labute approximate surface area is 145 Å². The zero-order chi connectivity index (χ0) is 16.4. The van der Waals surface area contributed by atoms with Crippen LogP contribution in [-0.4, -0.2) is 9.97 Å². The number of aromatic nitrogens is 2. The van der Waals surface area contributed by atoms with Crippen LogP contribution in [0.15, 0.2) is 73.1 Å². The highest BCUT2D eigenvalue weighted by molar-refractivity contribution is 7.21. The van der Waals surface area contributed by atoms with E-state index in [-0.39, 0.29) is 6.04 Å². The quantitative estimate of drug-likeness (QED) is 0.534. The summed E-state index contributed by atoms with van der Waals surface area (Å²) in [5, 5.41) is 4.59. The molecule has 0 fully saturated rings. The van der Waals surface area contributed by atoms with Gasteiger partial charge in [0.25, 0.3) is 0 Å². The van der Waals surface area contributed by atoms with Crippen LogP contribution in [0.25, 0.3) is 20.7 Å². The Morgan fingerprint density at radius 3 is 2.38 bits per heavy atom. The monoisotopic (exact) mass is 331 g/mol. The molecular weight excluding hydrogens is 314 g/mol. The Hall–Kier alpha value is -2.72. The third-order valence-electron chi connectivity index (χ3n) is 4.04. The van der Waals surface area contributed by atoms with Gasteiger partial charge in [0, 0.05) is 10.9 Å². The van der Waals surface area contributed by atoms with Gasteiger partial charge in [-0.2, -0.15) is 0 Å². The van der Waals surface area contributed by atoms with E-state index >= 15 is 0 Å². The lowest BCUT2D eigenvalue weighted by molar-refractivity contribution is 0.876. The predicted octanol–water partition coefficient (Wildman–Crippen LogP) is 5.53. The van der Waals surface area contributed by atoms with E-state index in [0.29, 0.717) is 0 Å². The fraction of sp³-hybridized carbons (Fsp3) is 0.100. The van der Waals surface area contributed by atoms with Gasteiger partial charge in [0.2, 0.25) is 0 Å². The van der Waals surface area contributed by atoms with Gasteiger partial charge in [-0.3, -0.25) is 0 Å². The van der Waals surface area contributed by atoms with Crippen LogP contribution in [0.5, 0.6) is 0 Å². The van der Waals surface area contributed by atoms with Crippen molar-refractivity contribution in [2.75, 3.05) is 5.32 Å². The van der Waals surface area contributed by atoms with Crippen molar-refractivity contribution in [3.05, 3.63) is 78.6 Å². The van der Waals surface area contributed by atoms with Crippen LogP contribution in [-0.2, 0) is 0 Å². The van der Waals surface area contributed by atoms with Crippen LogP contribution in [0.1, 0.15) is 18.5 Å². The molecule has 0 saturated carbocycles. The molecule has 4 aromatic rings. The Balaban J connectivity index is 1.70. The third kappa shape index (κ3) is 2.88. The molecule has 0 saturated heterocycles. The van der Waals surface area contributed by atoms with E-state index in [1.807, 2.05) is 12.1 Å². The number of hydrogen-bond acceptors (Lipinski definition) is 4. The molecule has 2 aromatic heterocycles. The second-order valence-electron chi connectivity index (χ2n) is 5.69. The molecular formula is C20H17N3S. The van der Waals surface area contributed by atoms with E-state index in [1.54, 1.807) is 17.7 Å². The fourth-order valence-corrected chi connectivity index (χ4v) is 3.75. The second kappa shape index (κ2) is 6.42. The number of nitrogens with one attached hydrogen (secondary N) is 1. The summed E-state index contributed by atoms with van der Waals surface area (Å²) in [6, 6.07) is 23.1. The van der Waals surface area contributed by atoms with Crippen LogP contribution in [0.2, 0.25) is 0 Å². The summed E-state index contributed by atoms with van der Waals surface area (Å²) in [7, 11) is 0. The molecule has 0 aliphatic carbocycles. The molecule has 0 aliphatic rings. The lowest BCUT2D eigenvalue weighted by atomic mass is 10.1. The van der Waals surface area contributed by atoms with Crippen molar-refractivity contribution < 1.29 is 0 Å². The van der Waals surface area contributed by atoms with Crippen LogP contribution in [0.4, 0.5) is 5.82 Å². The number of thiophene rings is 1. The average Bonchev–Trinajstić information content (AvgIpc) is 3.08. The van der Waals surface area contributed by atoms with Crippen LogP contribution in [0.3, 0.4) is 0 Å². The molecule has 2 aromatic carbocycles. The molecule has 4 heteroatoms. The number of nitrogens with zero attached hydrogens (tertiary/aromatic N) is 2. The maximum atomic E-state index is 4.46. The molecule has 0 radical (unpaired) electrons. The van der Waals surface area contributed by atoms with Crippen LogP contribution >= 0.6 is 11.3 Å². The maximum absolute atomic E-state index is 4.46. The van der Waals surface area contributed by atoms with E-state index in [9.17, 15) is 0 Å². The molecule has 0 amide bonds. The molecule has 1 N–H and O–H groups in total. The zero-order valence-corrected chi connectivity index (χ0v) is 14.1. The summed E-state index contributed by atoms with van der Waals surface area (Å²) in [5.41, 5.74) is 2.45. The smallest absolute Gasteiger partial charge is 0.138 e. The first-order chi connectivity index (χ1) is 11.8. The van der Waals surface area contributed by atoms with E-state index in [2.05, 4.69) is 76.8 Å². The first-order valence-electron chi connectivity index (χ1n) is 7.93. The van der Waals surface area contributed by atoms with Gasteiger partial charge >= 0.3 is 0 Å². The van der Waals surface area contributed by atoms with Gasteiger partial charge in [-0.25, -0.2) is 9.97 Å². The molecule has 0 spiro atoms. The number of benzene rings is 2. The van der Waals surface area contributed by atoms with E-state index in [1.165, 1.54) is 16.0 Å². The highest BCUT2D eigenvalue weighted by Crippen LogP contribution is 2.35. The van der Waals surface area contributed by atoms with Gasteiger partial charge in [0.05, 0.1) is 5.39 Å². The summed E-state index contributed by atoms with van der Waals surface area (Å²) in [6.45, 7) is 2.15. The van der Waals surface area contributed by atoms with Crippen molar-refractivity contribution in [2.45, 2.75) is 13.0 Å². The molecule has 3 nitrogen and oxygen atoms in total. The minimum Gasteiger partial charge on any atom is -0.363 e. The van der Waals surface area contributed by atoms with E-state index in [4.69, 9.17) is 0 Å². The normalized spacial score (nSPS) is 12.2. The van der Waals surface area contributed by atoms with Crippen LogP contribution in [0, 0.1) is 0 Å². The van der Waals surface area contributed by atoms with Gasteiger partial charge in [-0.05, 0) is 24.1 Å². The molecule has 2 heterocycles. The Morgan fingerprint density at radius 1 is 0.917 bits per heavy atom. The number of rotatable bonds is 4. The summed E-state index contributed by atoms with van der Waals surface area (Å²) in [4.78, 5) is 11.1. The van der Waals surface area contributed by atoms with Crippen LogP contribution < -0.4 is 5.32 Å². The maximum Gasteiger partial charge on any atom is 0.138 e. The van der Waals surface area contributed by atoms with Crippen molar-refractivity contribution in [3.8, 4) is 10.4 Å². The van der Waals surface area contributed by atoms with Crippen molar-refractivity contribution in [3.63, 3.8) is 0 Å². The van der Waals surface area contributed by atoms with Crippen molar-refractivity contribution in [2.24, 2.45) is 0 Å². The first-order valence-corrected chi connectivity index (χ1v) is 8.74. The summed E-state index contributed by atoms with van der Waals surface area (Å²) >= 11 is 1.70. The average molecular weight is 331 g/mol. The Kier molecular flexibility index (Phi) is 3.97. The standard InChI is InChI=1S/C20H17N3S/c1-14(15-8-4-2-5-9-15)23-19-17-12-18(16-10-6-3-7-11-16)24-20(17)22-13-21-19/h2-14H,1H3,(H,21,22,23)/t14-/m0/s1. The van der Waals surface area contributed by atoms with E-state index < -0.39 is 0 Å². The highest BCUT2D eigenvalue weighted by atomic mass is 32.1. The number of anilines is 1. The second-order valence-corrected chi connectivity index (χ2v) is 6.73. The third-order valence-corrected chi connectivity index (χ3v) is 5.13. The lowest BCUT2D eigenvalue weighted by Gasteiger charge is -2.15. The summed E-state index contributed by atoms with van der Waals surface area (Å²) in [5.74, 6) is 0.884. The summed E-state index contributed by atoms with van der Waals surface area (Å²) < 4.78 is 0. The topological polar surface area (TPSA) is 37.8 Å². The van der Waals surface area contributed by atoms with Gasteiger partial charge < -0.3 is 5.32 Å².